The zero-order valence-electron chi connectivity index (χ0n) is 14.3. The molecule has 2 aromatic carbocycles. The second-order valence-electron chi connectivity index (χ2n) is 6.07. The van der Waals surface area contributed by atoms with Crippen LogP contribution in [0.5, 0.6) is 11.6 Å². The first-order valence-electron chi connectivity index (χ1n) is 8.37. The number of thiophene rings is 1. The number of ether oxygens (including phenoxy) is 1. The molecule has 5 nitrogen and oxygen atoms in total. The van der Waals surface area contributed by atoms with Gasteiger partial charge in [0.05, 0.1) is 5.39 Å². The summed E-state index contributed by atoms with van der Waals surface area (Å²) in [5.74, 6) is 0.565. The van der Waals surface area contributed by atoms with Gasteiger partial charge in [-0.2, -0.15) is 0 Å². The molecule has 0 bridgehead atoms. The molecule has 136 valence electrons. The van der Waals surface area contributed by atoms with Gasteiger partial charge in [0.25, 0.3) is 0 Å². The minimum absolute atomic E-state index is 0.298. The van der Waals surface area contributed by atoms with E-state index in [0.29, 0.717) is 17.2 Å². The van der Waals surface area contributed by atoms with Gasteiger partial charge in [-0.3, -0.25) is 0 Å². The number of nitrogens with zero attached hydrogens (tertiary/aromatic N) is 2. The standard InChI is InChI=1S/C21H11FN2O3S/c22-14-5-1-12(2-6-14)16-10-28-21-19(16)20(23-11-24-21)26-15-7-3-13-4-8-18(25)27-17(13)9-15/h1-11H. The van der Waals surface area contributed by atoms with E-state index in [9.17, 15) is 9.18 Å². The Morgan fingerprint density at radius 2 is 1.82 bits per heavy atom. The fraction of sp³-hybridized carbons (Fsp3) is 0. The summed E-state index contributed by atoms with van der Waals surface area (Å²) in [7, 11) is 0. The van der Waals surface area contributed by atoms with Gasteiger partial charge in [0.2, 0.25) is 5.88 Å². The second-order valence-corrected chi connectivity index (χ2v) is 6.93. The summed E-state index contributed by atoms with van der Waals surface area (Å²) in [5, 5.41) is 3.48. The fourth-order valence-corrected chi connectivity index (χ4v) is 3.89. The number of halogens is 1. The van der Waals surface area contributed by atoms with E-state index >= 15 is 0 Å². The summed E-state index contributed by atoms with van der Waals surface area (Å²) in [6.45, 7) is 0. The van der Waals surface area contributed by atoms with Gasteiger partial charge in [0.15, 0.2) is 0 Å². The molecule has 7 heteroatoms. The van der Waals surface area contributed by atoms with E-state index in [1.165, 1.54) is 35.9 Å². The van der Waals surface area contributed by atoms with Crippen molar-refractivity contribution in [3.63, 3.8) is 0 Å². The maximum absolute atomic E-state index is 13.3. The largest absolute Gasteiger partial charge is 0.438 e. The van der Waals surface area contributed by atoms with Crippen molar-refractivity contribution in [1.29, 1.82) is 0 Å². The smallest absolute Gasteiger partial charge is 0.336 e. The molecule has 5 rings (SSSR count). The van der Waals surface area contributed by atoms with Crippen molar-refractivity contribution in [1.82, 2.24) is 9.97 Å². The lowest BCUT2D eigenvalue weighted by Gasteiger charge is -2.08. The molecule has 0 radical (unpaired) electrons. The highest BCUT2D eigenvalue weighted by molar-refractivity contribution is 7.17. The third kappa shape index (κ3) is 2.91. The highest BCUT2D eigenvalue weighted by atomic mass is 32.1. The molecule has 3 aromatic heterocycles. The van der Waals surface area contributed by atoms with Gasteiger partial charge in [-0.15, -0.1) is 11.3 Å². The minimum atomic E-state index is -0.425. The Hall–Kier alpha value is -3.58. The van der Waals surface area contributed by atoms with E-state index in [4.69, 9.17) is 9.15 Å². The number of aromatic nitrogens is 2. The molecule has 0 amide bonds. The zero-order chi connectivity index (χ0) is 19.1. The Labute approximate surface area is 161 Å². The molecule has 0 fully saturated rings. The first-order valence-corrected chi connectivity index (χ1v) is 9.25. The van der Waals surface area contributed by atoms with Crippen LogP contribution in [-0.2, 0) is 0 Å². The van der Waals surface area contributed by atoms with E-state index in [1.54, 1.807) is 36.4 Å². The predicted molar refractivity (Wildman–Crippen MR) is 105 cm³/mol. The van der Waals surface area contributed by atoms with Crippen LogP contribution in [-0.4, -0.2) is 9.97 Å². The zero-order valence-corrected chi connectivity index (χ0v) is 15.1. The summed E-state index contributed by atoms with van der Waals surface area (Å²) in [6.07, 6.45) is 1.43. The number of fused-ring (bicyclic) bond motifs is 2. The summed E-state index contributed by atoms with van der Waals surface area (Å²) in [5.41, 5.74) is 1.71. The van der Waals surface area contributed by atoms with Gasteiger partial charge in [0.1, 0.15) is 28.3 Å². The molecule has 0 N–H and O–H groups in total. The van der Waals surface area contributed by atoms with Crippen LogP contribution in [0.25, 0.3) is 32.3 Å². The molecular weight excluding hydrogens is 379 g/mol. The molecule has 0 saturated carbocycles. The molecule has 0 aliphatic carbocycles. The van der Waals surface area contributed by atoms with E-state index in [1.807, 2.05) is 5.38 Å². The molecule has 0 aliphatic heterocycles. The quantitative estimate of drug-likeness (QED) is 0.386. The monoisotopic (exact) mass is 390 g/mol. The fourth-order valence-electron chi connectivity index (χ4n) is 2.98. The molecule has 28 heavy (non-hydrogen) atoms. The van der Waals surface area contributed by atoms with Crippen molar-refractivity contribution in [2.24, 2.45) is 0 Å². The maximum Gasteiger partial charge on any atom is 0.336 e. The Morgan fingerprint density at radius 3 is 2.68 bits per heavy atom. The van der Waals surface area contributed by atoms with Crippen molar-refractivity contribution in [2.75, 3.05) is 0 Å². The van der Waals surface area contributed by atoms with Gasteiger partial charge < -0.3 is 9.15 Å². The molecule has 5 aromatic rings. The molecule has 0 aliphatic rings. The van der Waals surface area contributed by atoms with Crippen molar-refractivity contribution >= 4 is 32.5 Å². The lowest BCUT2D eigenvalue weighted by Crippen LogP contribution is -1.95. The maximum atomic E-state index is 13.3. The lowest BCUT2D eigenvalue weighted by atomic mass is 10.1. The first-order chi connectivity index (χ1) is 13.7. The predicted octanol–water partition coefficient (Wildman–Crippen LogP) is 5.40. The average Bonchev–Trinajstić information content (AvgIpc) is 3.13. The van der Waals surface area contributed by atoms with Crippen molar-refractivity contribution in [3.05, 3.63) is 82.5 Å². The highest BCUT2D eigenvalue weighted by Gasteiger charge is 2.15. The third-order valence-electron chi connectivity index (χ3n) is 4.30. The van der Waals surface area contributed by atoms with Crippen molar-refractivity contribution in [3.8, 4) is 22.8 Å². The van der Waals surface area contributed by atoms with Crippen LogP contribution in [0.2, 0.25) is 0 Å². The van der Waals surface area contributed by atoms with Crippen LogP contribution >= 0.6 is 11.3 Å². The van der Waals surface area contributed by atoms with Crippen LogP contribution in [0.3, 0.4) is 0 Å². The molecule has 3 heterocycles. The summed E-state index contributed by atoms with van der Waals surface area (Å²) in [4.78, 5) is 20.8. The number of rotatable bonds is 3. The Bertz CT molecular complexity index is 1380. The SMILES string of the molecule is O=c1ccc2ccc(Oc3ncnc4scc(-c5ccc(F)cc5)c34)cc2o1. The van der Waals surface area contributed by atoms with Gasteiger partial charge in [-0.1, -0.05) is 12.1 Å². The van der Waals surface area contributed by atoms with E-state index in [-0.39, 0.29) is 5.82 Å². The molecule has 0 atom stereocenters. The topological polar surface area (TPSA) is 65.2 Å². The third-order valence-corrected chi connectivity index (χ3v) is 5.19. The Kier molecular flexibility index (Phi) is 3.87. The van der Waals surface area contributed by atoms with Crippen LogP contribution in [0.4, 0.5) is 4.39 Å². The van der Waals surface area contributed by atoms with Crippen LogP contribution in [0, 0.1) is 5.82 Å². The van der Waals surface area contributed by atoms with Gasteiger partial charge >= 0.3 is 5.63 Å². The molecule has 0 spiro atoms. The van der Waals surface area contributed by atoms with Crippen LogP contribution in [0.1, 0.15) is 0 Å². The number of hydrogen-bond acceptors (Lipinski definition) is 6. The second kappa shape index (κ2) is 6.54. The van der Waals surface area contributed by atoms with Gasteiger partial charge in [0, 0.05) is 28.5 Å². The first kappa shape index (κ1) is 16.6. The van der Waals surface area contributed by atoms with Crippen molar-refractivity contribution < 1.29 is 13.5 Å². The van der Waals surface area contributed by atoms with Gasteiger partial charge in [-0.25, -0.2) is 19.2 Å². The molecule has 0 unspecified atom stereocenters. The lowest BCUT2D eigenvalue weighted by molar-refractivity contribution is 0.467. The minimum Gasteiger partial charge on any atom is -0.438 e. The summed E-state index contributed by atoms with van der Waals surface area (Å²) < 4.78 is 24.5. The number of hydrogen-bond donors (Lipinski definition) is 0. The average molecular weight is 390 g/mol. The van der Waals surface area contributed by atoms with Crippen LogP contribution in [0.15, 0.2) is 75.5 Å². The van der Waals surface area contributed by atoms with E-state index in [2.05, 4.69) is 9.97 Å². The molecule has 0 saturated heterocycles. The van der Waals surface area contributed by atoms with Crippen LogP contribution < -0.4 is 10.4 Å². The van der Waals surface area contributed by atoms with Gasteiger partial charge in [-0.05, 0) is 35.9 Å². The normalized spacial score (nSPS) is 11.2. The summed E-state index contributed by atoms with van der Waals surface area (Å²) in [6, 6.07) is 14.5. The Morgan fingerprint density at radius 1 is 1.00 bits per heavy atom. The van der Waals surface area contributed by atoms with E-state index < -0.39 is 5.63 Å². The Balaban J connectivity index is 1.62. The van der Waals surface area contributed by atoms with Crippen molar-refractivity contribution in [2.45, 2.75) is 0 Å². The molecular formula is C21H11FN2O3S. The number of benzene rings is 2. The highest BCUT2D eigenvalue weighted by Crippen LogP contribution is 2.39. The summed E-state index contributed by atoms with van der Waals surface area (Å²) >= 11 is 1.46. The van der Waals surface area contributed by atoms with E-state index in [0.717, 1.165) is 26.7 Å².